The lowest BCUT2D eigenvalue weighted by Crippen LogP contribution is -2.26. The van der Waals surface area contributed by atoms with Gasteiger partial charge in [-0.15, -0.1) is 0 Å². The molecule has 0 spiro atoms. The Kier molecular flexibility index (Phi) is 6.07. The summed E-state index contributed by atoms with van der Waals surface area (Å²) in [7, 11) is 0. The number of anilines is 2. The lowest BCUT2D eigenvalue weighted by molar-refractivity contribution is 0.0697. The van der Waals surface area contributed by atoms with E-state index in [9.17, 15) is 15.3 Å². The first kappa shape index (κ1) is 18.7. The van der Waals surface area contributed by atoms with Gasteiger partial charge in [-0.2, -0.15) is 10.5 Å². The average Bonchev–Trinajstić information content (AvgIpc) is 2.67. The van der Waals surface area contributed by atoms with Crippen molar-refractivity contribution >= 4 is 17.5 Å². The van der Waals surface area contributed by atoms with Gasteiger partial charge in [0, 0.05) is 18.8 Å². The average molecular weight is 350 g/mol. The Hall–Kier alpha value is -3.65. The number of aromatic nitrogens is 2. The fourth-order valence-corrected chi connectivity index (χ4v) is 2.43. The zero-order valence-corrected chi connectivity index (χ0v) is 14.5. The van der Waals surface area contributed by atoms with E-state index >= 15 is 0 Å². The van der Waals surface area contributed by atoms with Crippen molar-refractivity contribution < 1.29 is 9.90 Å². The minimum absolute atomic E-state index is 0.00367. The summed E-state index contributed by atoms with van der Waals surface area (Å²) in [5, 5.41) is 30.5. The highest BCUT2D eigenvalue weighted by Crippen LogP contribution is 2.20. The molecule has 0 atom stereocenters. The highest BCUT2D eigenvalue weighted by Gasteiger charge is 2.17. The van der Waals surface area contributed by atoms with Crippen LogP contribution in [-0.4, -0.2) is 34.1 Å². The fraction of sp³-hybridized carbons (Fsp3) is 0.278. The minimum atomic E-state index is -0.989. The topological polar surface area (TPSA) is 126 Å². The molecule has 0 saturated carbocycles. The highest BCUT2D eigenvalue weighted by molar-refractivity contribution is 5.88. The molecule has 0 fully saturated rings. The third-order valence-electron chi connectivity index (χ3n) is 3.81. The molecule has 8 nitrogen and oxygen atoms in total. The molecule has 26 heavy (non-hydrogen) atoms. The first-order valence-electron chi connectivity index (χ1n) is 8.07. The van der Waals surface area contributed by atoms with E-state index in [1.165, 1.54) is 12.1 Å². The molecule has 0 amide bonds. The van der Waals surface area contributed by atoms with Crippen molar-refractivity contribution in [2.75, 3.05) is 23.3 Å². The molecule has 0 aliphatic rings. The Morgan fingerprint density at radius 1 is 1.12 bits per heavy atom. The summed E-state index contributed by atoms with van der Waals surface area (Å²) in [5.74, 6) is -0.433. The molecule has 1 aromatic carbocycles. The number of nitriles is 2. The van der Waals surface area contributed by atoms with E-state index in [0.29, 0.717) is 30.3 Å². The summed E-state index contributed by atoms with van der Waals surface area (Å²) in [6, 6.07) is 10.1. The van der Waals surface area contributed by atoms with E-state index in [-0.39, 0.29) is 23.5 Å². The van der Waals surface area contributed by atoms with Crippen LogP contribution in [0.1, 0.15) is 41.3 Å². The maximum absolute atomic E-state index is 10.9. The van der Waals surface area contributed by atoms with Crippen molar-refractivity contribution in [3.63, 3.8) is 0 Å². The number of rotatable bonds is 7. The quantitative estimate of drug-likeness (QED) is 0.779. The zero-order valence-electron chi connectivity index (χ0n) is 14.5. The fourth-order valence-electron chi connectivity index (χ4n) is 2.43. The predicted molar refractivity (Wildman–Crippen MR) is 95.8 cm³/mol. The standard InChI is InChI=1S/C18H18N6O2/c1-3-24(4-2)17-16(22-14(9-19)15(10-20)23-17)11-21-13-7-5-12(6-8-13)18(25)26/h5-8,21H,3-4,11H2,1-2H3,(H,25,26). The molecule has 1 heterocycles. The van der Waals surface area contributed by atoms with Crippen LogP contribution < -0.4 is 10.2 Å². The van der Waals surface area contributed by atoms with Crippen molar-refractivity contribution in [3.05, 3.63) is 46.9 Å². The number of nitrogens with zero attached hydrogens (tertiary/aromatic N) is 5. The van der Waals surface area contributed by atoms with E-state index in [1.807, 2.05) is 30.9 Å². The summed E-state index contributed by atoms with van der Waals surface area (Å²) in [4.78, 5) is 21.5. The van der Waals surface area contributed by atoms with Gasteiger partial charge in [0.05, 0.1) is 12.1 Å². The smallest absolute Gasteiger partial charge is 0.335 e. The van der Waals surface area contributed by atoms with E-state index in [4.69, 9.17) is 5.11 Å². The number of carbonyl (C=O) groups is 1. The SMILES string of the molecule is CCN(CC)c1nc(C#N)c(C#N)nc1CNc1ccc(C(=O)O)cc1. The molecule has 2 N–H and O–H groups in total. The van der Waals surface area contributed by atoms with Crippen LogP contribution in [0.15, 0.2) is 24.3 Å². The van der Waals surface area contributed by atoms with Crippen LogP contribution in [0.4, 0.5) is 11.5 Å². The molecule has 0 bridgehead atoms. The lowest BCUT2D eigenvalue weighted by Gasteiger charge is -2.22. The second-order valence-corrected chi connectivity index (χ2v) is 5.32. The predicted octanol–water partition coefficient (Wildman–Crippen LogP) is 2.38. The van der Waals surface area contributed by atoms with Crippen molar-refractivity contribution in [1.82, 2.24) is 9.97 Å². The van der Waals surface area contributed by atoms with Gasteiger partial charge in [0.25, 0.3) is 0 Å². The number of carboxylic acid groups (broad SMARTS) is 1. The molecule has 2 aromatic rings. The maximum atomic E-state index is 10.9. The van der Waals surface area contributed by atoms with Gasteiger partial charge in [0.1, 0.15) is 17.8 Å². The number of aromatic carboxylic acids is 1. The van der Waals surface area contributed by atoms with Gasteiger partial charge < -0.3 is 15.3 Å². The van der Waals surface area contributed by atoms with E-state index in [1.54, 1.807) is 12.1 Å². The van der Waals surface area contributed by atoms with Crippen molar-refractivity contribution in [1.29, 1.82) is 10.5 Å². The molecular weight excluding hydrogens is 332 g/mol. The summed E-state index contributed by atoms with van der Waals surface area (Å²) >= 11 is 0. The molecule has 0 saturated heterocycles. The van der Waals surface area contributed by atoms with Crippen LogP contribution in [0, 0.1) is 22.7 Å². The van der Waals surface area contributed by atoms with Crippen LogP contribution >= 0.6 is 0 Å². The molecule has 0 radical (unpaired) electrons. The molecule has 1 aromatic heterocycles. The Labute approximate surface area is 151 Å². The summed E-state index contributed by atoms with van der Waals surface area (Å²) in [6.07, 6.45) is 0. The van der Waals surface area contributed by atoms with Crippen LogP contribution in [0.2, 0.25) is 0 Å². The number of hydrogen-bond donors (Lipinski definition) is 2. The largest absolute Gasteiger partial charge is 0.478 e. The van der Waals surface area contributed by atoms with Gasteiger partial charge in [0.2, 0.25) is 0 Å². The number of nitrogens with one attached hydrogen (secondary N) is 1. The van der Waals surface area contributed by atoms with Crippen LogP contribution in [0.5, 0.6) is 0 Å². The summed E-state index contributed by atoms with van der Waals surface area (Å²) < 4.78 is 0. The van der Waals surface area contributed by atoms with Crippen LogP contribution in [0.3, 0.4) is 0 Å². The number of carboxylic acids is 1. The maximum Gasteiger partial charge on any atom is 0.335 e. The Bertz CT molecular complexity index is 876. The van der Waals surface area contributed by atoms with E-state index in [0.717, 1.165) is 0 Å². The van der Waals surface area contributed by atoms with Crippen LogP contribution in [0.25, 0.3) is 0 Å². The zero-order chi connectivity index (χ0) is 19.1. The molecule has 0 aliphatic carbocycles. The number of hydrogen-bond acceptors (Lipinski definition) is 7. The molecule has 132 valence electrons. The first-order chi connectivity index (χ1) is 12.5. The molecule has 0 aliphatic heterocycles. The molecule has 0 unspecified atom stereocenters. The van der Waals surface area contributed by atoms with Gasteiger partial charge in [-0.05, 0) is 38.1 Å². The Morgan fingerprint density at radius 2 is 1.69 bits per heavy atom. The van der Waals surface area contributed by atoms with Gasteiger partial charge in [-0.3, -0.25) is 0 Å². The van der Waals surface area contributed by atoms with Crippen molar-refractivity contribution in [3.8, 4) is 12.1 Å². The molecular formula is C18H18N6O2. The second kappa shape index (κ2) is 8.45. The van der Waals surface area contributed by atoms with Gasteiger partial charge in [-0.1, -0.05) is 0 Å². The van der Waals surface area contributed by atoms with E-state index in [2.05, 4.69) is 15.3 Å². The normalized spacial score (nSPS) is 9.85. The van der Waals surface area contributed by atoms with E-state index < -0.39 is 5.97 Å². The first-order valence-corrected chi connectivity index (χ1v) is 8.07. The lowest BCUT2D eigenvalue weighted by atomic mass is 10.2. The number of benzene rings is 1. The van der Waals surface area contributed by atoms with Gasteiger partial charge in [0.15, 0.2) is 17.2 Å². The Balaban J connectivity index is 2.33. The molecule has 8 heteroatoms. The molecule has 2 rings (SSSR count). The van der Waals surface area contributed by atoms with Gasteiger partial charge >= 0.3 is 5.97 Å². The second-order valence-electron chi connectivity index (χ2n) is 5.32. The monoisotopic (exact) mass is 350 g/mol. The summed E-state index contributed by atoms with van der Waals surface area (Å²) in [6.45, 7) is 5.59. The Morgan fingerprint density at radius 3 is 2.19 bits per heavy atom. The third-order valence-corrected chi connectivity index (χ3v) is 3.81. The summed E-state index contributed by atoms with van der Waals surface area (Å²) in [5.41, 5.74) is 1.45. The van der Waals surface area contributed by atoms with Crippen molar-refractivity contribution in [2.45, 2.75) is 20.4 Å². The van der Waals surface area contributed by atoms with Gasteiger partial charge in [-0.25, -0.2) is 14.8 Å². The van der Waals surface area contributed by atoms with Crippen molar-refractivity contribution in [2.24, 2.45) is 0 Å². The van der Waals surface area contributed by atoms with Crippen LogP contribution in [-0.2, 0) is 6.54 Å². The minimum Gasteiger partial charge on any atom is -0.478 e. The third kappa shape index (κ3) is 4.05. The highest BCUT2D eigenvalue weighted by atomic mass is 16.4.